The molecule has 0 saturated carbocycles. The molecule has 0 aliphatic heterocycles. The van der Waals surface area contributed by atoms with Crippen molar-refractivity contribution in [1.29, 1.82) is 0 Å². The second-order valence-corrected chi connectivity index (χ2v) is 3.44. The Balaban J connectivity index is -0.0000000800. The minimum atomic E-state index is -5.35. The SMILES string of the molecule is [Mn].[O]=[Sb]([OH])([OH])[OH].[PbH2]. The van der Waals surface area contributed by atoms with E-state index in [1.54, 1.807) is 0 Å². The molecule has 0 aliphatic carbocycles. The molecule has 0 aliphatic rings. The van der Waals surface area contributed by atoms with E-state index >= 15 is 0 Å². The molecule has 0 atom stereocenters. The zero-order chi connectivity index (χ0) is 4.50. The van der Waals surface area contributed by atoms with E-state index in [4.69, 9.17) is 13.2 Å². The molecule has 7 heavy (non-hydrogen) atoms. The van der Waals surface area contributed by atoms with Gasteiger partial charge in [-0.3, -0.25) is 0 Å². The van der Waals surface area contributed by atoms with Crippen molar-refractivity contribution in [2.45, 2.75) is 0 Å². The van der Waals surface area contributed by atoms with Crippen LogP contribution in [0.2, 0.25) is 0 Å². The number of hydrogen-bond acceptors (Lipinski definition) is 1. The van der Waals surface area contributed by atoms with Crippen LogP contribution < -0.4 is 0 Å². The summed E-state index contributed by atoms with van der Waals surface area (Å²) in [5, 5.41) is 0. The number of hydrogen-bond donors (Lipinski definition) is 3. The second-order valence-electron chi connectivity index (χ2n) is 0.513. The molecule has 4 nitrogen and oxygen atoms in total. The molecule has 0 fully saturated rings. The predicted molar refractivity (Wildman–Crippen MR) is 21.6 cm³/mol. The third-order valence-electron chi connectivity index (χ3n) is 0. The van der Waals surface area contributed by atoms with Crippen molar-refractivity contribution < 1.29 is 30.2 Å². The van der Waals surface area contributed by atoms with Gasteiger partial charge >= 0.3 is 60.5 Å². The Morgan fingerprint density at radius 1 is 1.14 bits per heavy atom. The molecule has 3 radical (unpaired) electrons. The Morgan fingerprint density at radius 2 is 1.14 bits per heavy atom. The first kappa shape index (κ1) is 16.0. The van der Waals surface area contributed by atoms with Gasteiger partial charge in [-0.05, 0) is 0 Å². The van der Waals surface area contributed by atoms with Crippen molar-refractivity contribution in [3.8, 4) is 0 Å². The zero-order valence-corrected chi connectivity index (χ0v) is 12.5. The third-order valence-corrected chi connectivity index (χ3v) is 0. The van der Waals surface area contributed by atoms with E-state index in [1.807, 2.05) is 0 Å². The first-order valence-corrected chi connectivity index (χ1v) is 5.25. The van der Waals surface area contributed by atoms with Gasteiger partial charge in [0.15, 0.2) is 0 Å². The molecular formula is H5MnO4PbSb. The molecule has 0 aromatic heterocycles. The van der Waals surface area contributed by atoms with Gasteiger partial charge in [-0.25, -0.2) is 0 Å². The van der Waals surface area contributed by atoms with Crippen molar-refractivity contribution in [3.63, 3.8) is 0 Å². The summed E-state index contributed by atoms with van der Waals surface area (Å²) in [6.07, 6.45) is 0. The van der Waals surface area contributed by atoms with E-state index in [0.717, 1.165) is 0 Å². The van der Waals surface area contributed by atoms with Crippen LogP contribution in [0.15, 0.2) is 0 Å². The first-order chi connectivity index (χ1) is 2.00. The Kier molecular flexibility index (Phi) is 13.8. The Hall–Kier alpha value is 1.94. The van der Waals surface area contributed by atoms with Gasteiger partial charge in [0, 0.05) is 17.1 Å². The van der Waals surface area contributed by atoms with Gasteiger partial charge in [0.05, 0.1) is 0 Å². The maximum absolute atomic E-state index is 8.97. The standard InChI is InChI=1S/Mn.3H2O.O.Pb.Sb.2H/h;3*1H2;;;;;/q;;;;;;+3;;/p-3. The quantitative estimate of drug-likeness (QED) is 0.341. The van der Waals surface area contributed by atoms with Gasteiger partial charge in [-0.1, -0.05) is 0 Å². The Labute approximate surface area is 76.6 Å². The van der Waals surface area contributed by atoms with Gasteiger partial charge in [0.1, 0.15) is 0 Å². The van der Waals surface area contributed by atoms with E-state index in [-0.39, 0.29) is 44.4 Å². The Morgan fingerprint density at radius 3 is 1.14 bits per heavy atom. The van der Waals surface area contributed by atoms with E-state index in [0.29, 0.717) is 0 Å². The molecular weight excluding hydrogens is 448 g/mol. The van der Waals surface area contributed by atoms with E-state index in [2.05, 4.69) is 0 Å². The van der Waals surface area contributed by atoms with Crippen molar-refractivity contribution >= 4 is 47.4 Å². The molecule has 45 valence electrons. The van der Waals surface area contributed by atoms with Gasteiger partial charge in [-0.15, -0.1) is 0 Å². The van der Waals surface area contributed by atoms with Gasteiger partial charge in [0.2, 0.25) is 0 Å². The molecule has 0 aromatic rings. The Bertz CT molecular complexity index is 57.8. The summed E-state index contributed by atoms with van der Waals surface area (Å²) in [5.74, 6) is 0. The molecule has 0 amide bonds. The van der Waals surface area contributed by atoms with E-state index < -0.39 is 20.1 Å². The maximum atomic E-state index is 8.97. The third kappa shape index (κ3) is 74.4. The number of rotatable bonds is 0. The summed E-state index contributed by atoms with van der Waals surface area (Å²) in [5.41, 5.74) is 0. The zero-order valence-electron chi connectivity index (χ0n) is 3.28. The van der Waals surface area contributed by atoms with Crippen LogP contribution in [-0.4, -0.2) is 57.5 Å². The van der Waals surface area contributed by atoms with Gasteiger partial charge in [-0.2, -0.15) is 0 Å². The van der Waals surface area contributed by atoms with Crippen LogP contribution in [0.4, 0.5) is 0 Å². The average molecular weight is 453 g/mol. The van der Waals surface area contributed by atoms with Crippen LogP contribution in [0.5, 0.6) is 0 Å². The summed E-state index contributed by atoms with van der Waals surface area (Å²) >= 11 is -5.35. The normalized spacial score (nSPS) is 8.43. The monoisotopic (exact) mass is 453 g/mol. The van der Waals surface area contributed by atoms with E-state index in [9.17, 15) is 0 Å². The van der Waals surface area contributed by atoms with Crippen LogP contribution in [0, 0.1) is 0 Å². The minimum absolute atomic E-state index is 0. The van der Waals surface area contributed by atoms with Gasteiger partial charge < -0.3 is 0 Å². The summed E-state index contributed by atoms with van der Waals surface area (Å²) < 4.78 is 30.8. The molecule has 0 rings (SSSR count). The summed E-state index contributed by atoms with van der Waals surface area (Å²) in [4.78, 5) is 0. The fraction of sp³-hybridized carbons (Fsp3) is 0. The summed E-state index contributed by atoms with van der Waals surface area (Å²) in [6, 6.07) is 0. The second kappa shape index (κ2) is 6.07. The average Bonchev–Trinajstić information content (AvgIpc) is 0.722. The molecule has 0 unspecified atom stereocenters. The fourth-order valence-electron chi connectivity index (χ4n) is 0. The van der Waals surface area contributed by atoms with Crippen LogP contribution in [0.3, 0.4) is 0 Å². The van der Waals surface area contributed by atoms with Crippen LogP contribution in [-0.2, 0) is 20.1 Å². The van der Waals surface area contributed by atoms with Crippen molar-refractivity contribution in [2.24, 2.45) is 0 Å². The van der Waals surface area contributed by atoms with Crippen LogP contribution >= 0.6 is 0 Å². The van der Waals surface area contributed by atoms with Crippen molar-refractivity contribution in [2.75, 3.05) is 0 Å². The molecule has 3 N–H and O–H groups in total. The van der Waals surface area contributed by atoms with Crippen molar-refractivity contribution in [1.82, 2.24) is 0 Å². The van der Waals surface area contributed by atoms with E-state index in [1.165, 1.54) is 0 Å². The predicted octanol–water partition coefficient (Wildman–Crippen LogP) is -3.09. The molecule has 0 saturated heterocycles. The molecule has 7 heteroatoms. The summed E-state index contributed by atoms with van der Waals surface area (Å²) in [7, 11) is 0. The molecule has 0 bridgehead atoms. The fourth-order valence-corrected chi connectivity index (χ4v) is 0. The molecule has 0 aromatic carbocycles. The topological polar surface area (TPSA) is 77.8 Å². The van der Waals surface area contributed by atoms with Crippen molar-refractivity contribution in [3.05, 3.63) is 0 Å². The summed E-state index contributed by atoms with van der Waals surface area (Å²) in [6.45, 7) is 0. The van der Waals surface area contributed by atoms with Crippen LogP contribution in [0.1, 0.15) is 0 Å². The van der Waals surface area contributed by atoms with Crippen LogP contribution in [0.25, 0.3) is 0 Å². The molecule has 0 spiro atoms. The van der Waals surface area contributed by atoms with Gasteiger partial charge in [0.25, 0.3) is 0 Å². The molecule has 0 heterocycles. The first-order valence-electron chi connectivity index (χ1n) is 0.783.